The van der Waals surface area contributed by atoms with Crippen LogP contribution in [0.5, 0.6) is 11.5 Å². The van der Waals surface area contributed by atoms with Crippen LogP contribution in [0.2, 0.25) is 0 Å². The number of pyridine rings is 1. The van der Waals surface area contributed by atoms with Gasteiger partial charge in [-0.1, -0.05) is 48.5 Å². The summed E-state index contributed by atoms with van der Waals surface area (Å²) in [6, 6.07) is 26.7. The Balaban J connectivity index is 1.39. The van der Waals surface area contributed by atoms with Crippen LogP contribution < -0.4 is 14.8 Å². The highest BCUT2D eigenvalue weighted by Crippen LogP contribution is 2.29. The minimum Gasteiger partial charge on any atom is -0.497 e. The fraction of sp³-hybridized carbons (Fsp3) is 0.133. The number of sulfone groups is 1. The van der Waals surface area contributed by atoms with Gasteiger partial charge in [-0.25, -0.2) is 8.42 Å². The van der Waals surface area contributed by atoms with Gasteiger partial charge in [0.15, 0.2) is 9.84 Å². The highest BCUT2D eigenvalue weighted by atomic mass is 32.2. The molecule has 1 heterocycles. The van der Waals surface area contributed by atoms with Crippen LogP contribution in [0.15, 0.2) is 114 Å². The highest BCUT2D eigenvalue weighted by Gasteiger charge is 2.29. The monoisotopic (exact) mass is 528 g/mol. The molecule has 1 atom stereocenters. The minimum absolute atomic E-state index is 0.116. The standard InChI is InChI=1S/C30H28N2O5S/c1-36-26-14-16-28(17-15-26)38(34,35)29(25-8-5-19-31-20-25)21-32-30(33)18-11-23-9-12-27(13-10-23)37-22-24-6-3-2-4-7-24/h2-20,29H,21-22H2,1H3,(H,32,33)/b18-11+. The van der Waals surface area contributed by atoms with E-state index in [4.69, 9.17) is 9.47 Å². The van der Waals surface area contributed by atoms with Crippen molar-refractivity contribution >= 4 is 21.8 Å². The van der Waals surface area contributed by atoms with Crippen molar-refractivity contribution in [1.29, 1.82) is 0 Å². The Morgan fingerprint density at radius 1 is 0.921 bits per heavy atom. The van der Waals surface area contributed by atoms with Gasteiger partial charge in [0.05, 0.1) is 12.0 Å². The summed E-state index contributed by atoms with van der Waals surface area (Å²) in [5.74, 6) is 0.864. The van der Waals surface area contributed by atoms with Crippen LogP contribution in [0.25, 0.3) is 6.08 Å². The van der Waals surface area contributed by atoms with Gasteiger partial charge in [0.1, 0.15) is 23.4 Å². The first-order valence-corrected chi connectivity index (χ1v) is 13.5. The second-order valence-corrected chi connectivity index (χ2v) is 10.5. The van der Waals surface area contributed by atoms with Crippen molar-refractivity contribution in [2.24, 2.45) is 0 Å². The molecule has 1 unspecified atom stereocenters. The Hall–Kier alpha value is -4.43. The van der Waals surface area contributed by atoms with Gasteiger partial charge in [-0.05, 0) is 65.2 Å². The molecule has 3 aromatic carbocycles. The summed E-state index contributed by atoms with van der Waals surface area (Å²) in [5, 5.41) is 1.71. The van der Waals surface area contributed by atoms with E-state index in [1.54, 1.807) is 36.5 Å². The van der Waals surface area contributed by atoms with E-state index in [-0.39, 0.29) is 11.4 Å². The lowest BCUT2D eigenvalue weighted by Gasteiger charge is -2.18. The average Bonchev–Trinajstić information content (AvgIpc) is 2.96. The molecule has 1 N–H and O–H groups in total. The molecule has 0 aliphatic rings. The number of hydrogen-bond donors (Lipinski definition) is 1. The van der Waals surface area contributed by atoms with E-state index in [0.29, 0.717) is 17.9 Å². The Labute approximate surface area is 222 Å². The second-order valence-electron chi connectivity index (χ2n) is 8.42. The Bertz CT molecular complexity index is 1460. The summed E-state index contributed by atoms with van der Waals surface area (Å²) in [6.07, 6.45) is 6.10. The molecule has 4 aromatic rings. The SMILES string of the molecule is COc1ccc(S(=O)(=O)C(CNC(=O)/C=C/c2ccc(OCc3ccccc3)cc2)c2cccnc2)cc1. The highest BCUT2D eigenvalue weighted by molar-refractivity contribution is 7.91. The number of carbonyl (C=O) groups is 1. The van der Waals surface area contributed by atoms with Gasteiger partial charge in [-0.3, -0.25) is 9.78 Å². The molecule has 0 aliphatic heterocycles. The molecule has 0 saturated carbocycles. The van der Waals surface area contributed by atoms with Crippen molar-refractivity contribution < 1.29 is 22.7 Å². The zero-order valence-electron chi connectivity index (χ0n) is 20.9. The smallest absolute Gasteiger partial charge is 0.244 e. The lowest BCUT2D eigenvalue weighted by atomic mass is 10.2. The van der Waals surface area contributed by atoms with E-state index >= 15 is 0 Å². The summed E-state index contributed by atoms with van der Waals surface area (Å²) in [7, 11) is -2.31. The predicted octanol–water partition coefficient (Wildman–Crippen LogP) is 5.01. The number of hydrogen-bond acceptors (Lipinski definition) is 6. The number of ether oxygens (including phenoxy) is 2. The molecule has 8 heteroatoms. The summed E-state index contributed by atoms with van der Waals surface area (Å²) in [4.78, 5) is 16.8. The van der Waals surface area contributed by atoms with E-state index in [1.165, 1.54) is 31.5 Å². The van der Waals surface area contributed by atoms with Crippen molar-refractivity contribution in [3.63, 3.8) is 0 Å². The number of carbonyl (C=O) groups excluding carboxylic acids is 1. The van der Waals surface area contributed by atoms with Crippen molar-refractivity contribution in [1.82, 2.24) is 10.3 Å². The first-order chi connectivity index (χ1) is 18.5. The van der Waals surface area contributed by atoms with Crippen molar-refractivity contribution in [3.05, 3.63) is 126 Å². The summed E-state index contributed by atoms with van der Waals surface area (Å²) in [5.41, 5.74) is 2.37. The van der Waals surface area contributed by atoms with Crippen LogP contribution in [0, 0.1) is 0 Å². The second kappa shape index (κ2) is 12.7. The fourth-order valence-electron chi connectivity index (χ4n) is 3.74. The van der Waals surface area contributed by atoms with Gasteiger partial charge >= 0.3 is 0 Å². The van der Waals surface area contributed by atoms with Crippen molar-refractivity contribution in [2.45, 2.75) is 16.8 Å². The molecule has 0 bridgehead atoms. The molecule has 0 spiro atoms. The molecule has 194 valence electrons. The molecule has 0 saturated heterocycles. The third kappa shape index (κ3) is 7.08. The summed E-state index contributed by atoms with van der Waals surface area (Å²) in [6.45, 7) is 0.353. The van der Waals surface area contributed by atoms with E-state index in [1.807, 2.05) is 54.6 Å². The fourth-order valence-corrected chi connectivity index (χ4v) is 5.39. The minimum atomic E-state index is -3.82. The van der Waals surface area contributed by atoms with E-state index in [0.717, 1.165) is 16.9 Å². The number of nitrogens with zero attached hydrogens (tertiary/aromatic N) is 1. The van der Waals surface area contributed by atoms with Crippen LogP contribution in [-0.4, -0.2) is 33.0 Å². The lowest BCUT2D eigenvalue weighted by molar-refractivity contribution is -0.116. The predicted molar refractivity (Wildman–Crippen MR) is 146 cm³/mol. The number of amides is 1. The van der Waals surface area contributed by atoms with Gasteiger partial charge in [0.2, 0.25) is 5.91 Å². The van der Waals surface area contributed by atoms with Crippen molar-refractivity contribution in [2.75, 3.05) is 13.7 Å². The first-order valence-electron chi connectivity index (χ1n) is 12.0. The zero-order valence-corrected chi connectivity index (χ0v) is 21.7. The van der Waals surface area contributed by atoms with Gasteiger partial charge < -0.3 is 14.8 Å². The molecule has 1 aromatic heterocycles. The first kappa shape index (κ1) is 26.6. The lowest BCUT2D eigenvalue weighted by Crippen LogP contribution is -2.31. The normalized spacial score (nSPS) is 12.1. The summed E-state index contributed by atoms with van der Waals surface area (Å²) >= 11 is 0. The molecule has 4 rings (SSSR count). The summed E-state index contributed by atoms with van der Waals surface area (Å²) < 4.78 is 37.8. The van der Waals surface area contributed by atoms with Crippen LogP contribution in [0.3, 0.4) is 0 Å². The van der Waals surface area contributed by atoms with Gasteiger partial charge in [-0.2, -0.15) is 0 Å². The van der Waals surface area contributed by atoms with Crippen LogP contribution in [-0.2, 0) is 21.2 Å². The molecule has 0 aliphatic carbocycles. The quantitative estimate of drug-likeness (QED) is 0.275. The molecule has 7 nitrogen and oxygen atoms in total. The third-order valence-corrected chi connectivity index (χ3v) is 7.95. The van der Waals surface area contributed by atoms with Gasteiger partial charge in [0, 0.05) is 25.0 Å². The average molecular weight is 529 g/mol. The van der Waals surface area contributed by atoms with Crippen LogP contribution >= 0.6 is 0 Å². The topological polar surface area (TPSA) is 94.6 Å². The maximum atomic E-state index is 13.5. The van der Waals surface area contributed by atoms with Gasteiger partial charge in [0.25, 0.3) is 0 Å². The number of rotatable bonds is 11. The molecular formula is C30H28N2O5S. The Morgan fingerprint density at radius 2 is 1.63 bits per heavy atom. The van der Waals surface area contributed by atoms with E-state index in [9.17, 15) is 13.2 Å². The number of benzene rings is 3. The maximum absolute atomic E-state index is 13.5. The Kier molecular flexibility index (Phi) is 8.89. The van der Waals surface area contributed by atoms with Crippen LogP contribution in [0.1, 0.15) is 21.9 Å². The Morgan fingerprint density at radius 3 is 2.29 bits per heavy atom. The van der Waals surface area contributed by atoms with Gasteiger partial charge in [-0.15, -0.1) is 0 Å². The van der Waals surface area contributed by atoms with Crippen LogP contribution in [0.4, 0.5) is 0 Å². The molecule has 0 fully saturated rings. The van der Waals surface area contributed by atoms with E-state index < -0.39 is 21.0 Å². The van der Waals surface area contributed by atoms with Crippen molar-refractivity contribution in [3.8, 4) is 11.5 Å². The number of aromatic nitrogens is 1. The zero-order chi connectivity index (χ0) is 26.8. The molecular weight excluding hydrogens is 500 g/mol. The maximum Gasteiger partial charge on any atom is 0.244 e. The molecule has 38 heavy (non-hydrogen) atoms. The molecule has 0 radical (unpaired) electrons. The number of nitrogens with one attached hydrogen (secondary N) is 1. The third-order valence-electron chi connectivity index (χ3n) is 5.84. The molecule has 1 amide bonds. The van der Waals surface area contributed by atoms with E-state index in [2.05, 4.69) is 10.3 Å². The largest absolute Gasteiger partial charge is 0.497 e. The number of methoxy groups -OCH3 is 1.